The van der Waals surface area contributed by atoms with Gasteiger partial charge in [0.25, 0.3) is 0 Å². The second kappa shape index (κ2) is 10.4. The lowest BCUT2D eigenvalue weighted by Crippen LogP contribution is -2.41. The highest BCUT2D eigenvalue weighted by atomic mass is 16.2. The van der Waals surface area contributed by atoms with Crippen LogP contribution in [-0.4, -0.2) is 60.6 Å². The number of carbonyl (C=O) groups is 3. The Hall–Kier alpha value is -2.99. The van der Waals surface area contributed by atoms with E-state index in [4.69, 9.17) is 0 Å². The summed E-state index contributed by atoms with van der Waals surface area (Å²) in [4.78, 5) is 40.7. The topological polar surface area (TPSA) is 69.7 Å². The van der Waals surface area contributed by atoms with Crippen molar-refractivity contribution in [2.45, 2.75) is 13.8 Å². The van der Waals surface area contributed by atoms with Gasteiger partial charge in [0, 0.05) is 24.2 Å². The molecular formula is C22H27N3O3. The van der Waals surface area contributed by atoms with Crippen molar-refractivity contribution in [1.82, 2.24) is 9.80 Å². The number of carbonyl (C=O) groups excluding carboxylic acids is 3. The van der Waals surface area contributed by atoms with E-state index in [0.717, 1.165) is 0 Å². The normalized spacial score (nSPS) is 10.6. The Kier molecular flexibility index (Phi) is 7.89. The van der Waals surface area contributed by atoms with Crippen molar-refractivity contribution < 1.29 is 14.4 Å². The molecule has 0 aliphatic rings. The zero-order valence-electron chi connectivity index (χ0n) is 16.6. The SMILES string of the molecule is CCN(CC)C(=O)CN(C)CC(=O)Nc1ccccc1C(=O)c1ccccc1. The maximum absolute atomic E-state index is 12.7. The molecule has 2 aromatic rings. The van der Waals surface area contributed by atoms with Crippen LogP contribution in [0.25, 0.3) is 0 Å². The lowest BCUT2D eigenvalue weighted by Gasteiger charge is -2.22. The minimum Gasteiger partial charge on any atom is -0.342 e. The third-order valence-corrected chi connectivity index (χ3v) is 4.42. The number of ketones is 1. The van der Waals surface area contributed by atoms with E-state index in [9.17, 15) is 14.4 Å². The Labute approximate surface area is 166 Å². The number of likely N-dealkylation sites (N-methyl/N-ethyl adjacent to an activating group) is 2. The van der Waals surface area contributed by atoms with Crippen molar-refractivity contribution in [2.75, 3.05) is 38.5 Å². The van der Waals surface area contributed by atoms with Crippen molar-refractivity contribution in [1.29, 1.82) is 0 Å². The zero-order chi connectivity index (χ0) is 20.5. The van der Waals surface area contributed by atoms with Gasteiger partial charge >= 0.3 is 0 Å². The quantitative estimate of drug-likeness (QED) is 0.678. The summed E-state index contributed by atoms with van der Waals surface area (Å²) in [5.74, 6) is -0.440. The molecule has 0 spiro atoms. The molecule has 2 amide bonds. The van der Waals surface area contributed by atoms with E-state index < -0.39 is 0 Å². The van der Waals surface area contributed by atoms with Gasteiger partial charge < -0.3 is 10.2 Å². The molecule has 6 heteroatoms. The summed E-state index contributed by atoms with van der Waals surface area (Å²) >= 11 is 0. The summed E-state index contributed by atoms with van der Waals surface area (Å²) in [5, 5.41) is 2.80. The third kappa shape index (κ3) is 5.76. The van der Waals surface area contributed by atoms with Gasteiger partial charge in [-0.15, -0.1) is 0 Å². The summed E-state index contributed by atoms with van der Waals surface area (Å²) in [6, 6.07) is 15.9. The standard InChI is InChI=1S/C22H27N3O3/c1-4-25(5-2)21(27)16-24(3)15-20(26)23-19-14-10-9-13-18(19)22(28)17-11-7-6-8-12-17/h6-14H,4-5,15-16H2,1-3H3,(H,23,26). The summed E-state index contributed by atoms with van der Waals surface area (Å²) in [6.45, 7) is 5.36. The van der Waals surface area contributed by atoms with Gasteiger partial charge in [0.2, 0.25) is 11.8 Å². The van der Waals surface area contributed by atoms with Crippen LogP contribution < -0.4 is 5.32 Å². The number of nitrogens with one attached hydrogen (secondary N) is 1. The molecular weight excluding hydrogens is 354 g/mol. The molecule has 0 radical (unpaired) electrons. The van der Waals surface area contributed by atoms with Gasteiger partial charge in [-0.05, 0) is 33.0 Å². The van der Waals surface area contributed by atoms with Gasteiger partial charge in [-0.1, -0.05) is 42.5 Å². The van der Waals surface area contributed by atoms with Crippen LogP contribution in [0.3, 0.4) is 0 Å². The number of benzene rings is 2. The number of hydrogen-bond donors (Lipinski definition) is 1. The summed E-state index contributed by atoms with van der Waals surface area (Å²) in [5.41, 5.74) is 1.46. The van der Waals surface area contributed by atoms with Gasteiger partial charge in [-0.3, -0.25) is 19.3 Å². The van der Waals surface area contributed by atoms with Crippen molar-refractivity contribution in [3.63, 3.8) is 0 Å². The highest BCUT2D eigenvalue weighted by Crippen LogP contribution is 2.19. The van der Waals surface area contributed by atoms with Crippen LogP contribution in [0.5, 0.6) is 0 Å². The number of amides is 2. The molecule has 0 saturated carbocycles. The molecule has 0 saturated heterocycles. The Morgan fingerprint density at radius 1 is 0.857 bits per heavy atom. The fraction of sp³-hybridized carbons (Fsp3) is 0.318. The van der Waals surface area contributed by atoms with Crippen molar-refractivity contribution in [3.05, 3.63) is 65.7 Å². The van der Waals surface area contributed by atoms with Crippen molar-refractivity contribution in [3.8, 4) is 0 Å². The monoisotopic (exact) mass is 381 g/mol. The number of anilines is 1. The molecule has 0 bridgehead atoms. The zero-order valence-corrected chi connectivity index (χ0v) is 16.6. The molecule has 0 aliphatic heterocycles. The smallest absolute Gasteiger partial charge is 0.238 e. The van der Waals surface area contributed by atoms with Crippen LogP contribution >= 0.6 is 0 Å². The van der Waals surface area contributed by atoms with Gasteiger partial charge in [0.1, 0.15) is 0 Å². The molecule has 28 heavy (non-hydrogen) atoms. The predicted molar refractivity (Wildman–Crippen MR) is 110 cm³/mol. The van der Waals surface area contributed by atoms with Crippen LogP contribution in [0, 0.1) is 0 Å². The van der Waals surface area contributed by atoms with Gasteiger partial charge in [0.15, 0.2) is 5.78 Å². The van der Waals surface area contributed by atoms with E-state index in [1.165, 1.54) is 0 Å². The Morgan fingerprint density at radius 3 is 2.11 bits per heavy atom. The molecule has 6 nitrogen and oxygen atoms in total. The van der Waals surface area contributed by atoms with Crippen LogP contribution in [0.2, 0.25) is 0 Å². The molecule has 2 rings (SSSR count). The molecule has 148 valence electrons. The molecule has 0 heterocycles. The summed E-state index contributed by atoms with van der Waals surface area (Å²) in [6.07, 6.45) is 0. The molecule has 0 aliphatic carbocycles. The van der Waals surface area contributed by atoms with Crippen molar-refractivity contribution >= 4 is 23.3 Å². The largest absolute Gasteiger partial charge is 0.342 e. The van der Waals surface area contributed by atoms with E-state index in [-0.39, 0.29) is 30.7 Å². The number of nitrogens with zero attached hydrogens (tertiary/aromatic N) is 2. The fourth-order valence-electron chi connectivity index (χ4n) is 2.93. The molecule has 0 atom stereocenters. The van der Waals surface area contributed by atoms with Crippen LogP contribution in [0.4, 0.5) is 5.69 Å². The van der Waals surface area contributed by atoms with E-state index >= 15 is 0 Å². The maximum Gasteiger partial charge on any atom is 0.238 e. The maximum atomic E-state index is 12.7. The average molecular weight is 381 g/mol. The molecule has 0 unspecified atom stereocenters. The highest BCUT2D eigenvalue weighted by Gasteiger charge is 2.17. The first-order chi connectivity index (χ1) is 13.5. The lowest BCUT2D eigenvalue weighted by atomic mass is 10.0. The first-order valence-corrected chi connectivity index (χ1v) is 9.41. The van der Waals surface area contributed by atoms with E-state index in [0.29, 0.717) is 29.9 Å². The minimum absolute atomic E-state index is 0.0139. The first-order valence-electron chi connectivity index (χ1n) is 9.41. The predicted octanol–water partition coefficient (Wildman–Crippen LogP) is 2.66. The molecule has 0 aromatic heterocycles. The third-order valence-electron chi connectivity index (χ3n) is 4.42. The Morgan fingerprint density at radius 2 is 1.46 bits per heavy atom. The number of rotatable bonds is 9. The van der Waals surface area contributed by atoms with E-state index in [1.54, 1.807) is 65.4 Å². The number of para-hydroxylation sites is 1. The second-order valence-electron chi connectivity index (χ2n) is 6.53. The van der Waals surface area contributed by atoms with Crippen molar-refractivity contribution in [2.24, 2.45) is 0 Å². The lowest BCUT2D eigenvalue weighted by molar-refractivity contribution is -0.132. The van der Waals surface area contributed by atoms with Gasteiger partial charge in [-0.2, -0.15) is 0 Å². The summed E-state index contributed by atoms with van der Waals surface area (Å²) in [7, 11) is 1.72. The van der Waals surface area contributed by atoms with Crippen LogP contribution in [0.1, 0.15) is 29.8 Å². The fourth-order valence-corrected chi connectivity index (χ4v) is 2.93. The van der Waals surface area contributed by atoms with Crippen LogP contribution in [-0.2, 0) is 9.59 Å². The number of hydrogen-bond acceptors (Lipinski definition) is 4. The Bertz CT molecular complexity index is 817. The van der Waals surface area contributed by atoms with Gasteiger partial charge in [0.05, 0.1) is 18.8 Å². The summed E-state index contributed by atoms with van der Waals surface area (Å²) < 4.78 is 0. The molecule has 2 aromatic carbocycles. The molecule has 0 fully saturated rings. The van der Waals surface area contributed by atoms with E-state index in [2.05, 4.69) is 5.32 Å². The molecule has 1 N–H and O–H groups in total. The minimum atomic E-state index is -0.275. The van der Waals surface area contributed by atoms with Crippen LogP contribution in [0.15, 0.2) is 54.6 Å². The Balaban J connectivity index is 2.03. The average Bonchev–Trinajstić information content (AvgIpc) is 2.69. The highest BCUT2D eigenvalue weighted by molar-refractivity contribution is 6.13. The first kappa shape index (κ1) is 21.3. The van der Waals surface area contributed by atoms with Gasteiger partial charge in [-0.25, -0.2) is 0 Å². The second-order valence-corrected chi connectivity index (χ2v) is 6.53. The van der Waals surface area contributed by atoms with E-state index in [1.807, 2.05) is 19.9 Å².